The summed E-state index contributed by atoms with van der Waals surface area (Å²) in [6.45, 7) is 0. The monoisotopic (exact) mass is 292 g/mol. The highest BCUT2D eigenvalue weighted by molar-refractivity contribution is 7.99. The highest BCUT2D eigenvalue weighted by atomic mass is 35.5. The quantitative estimate of drug-likeness (QED) is 0.795. The first kappa shape index (κ1) is 14.4. The summed E-state index contributed by atoms with van der Waals surface area (Å²) in [5.74, 6) is 0.677. The van der Waals surface area contributed by atoms with E-state index in [0.29, 0.717) is 5.75 Å². The zero-order valence-corrected chi connectivity index (χ0v) is 12.2. The Bertz CT molecular complexity index is 501. The molecule has 0 aliphatic carbocycles. The molecule has 0 aliphatic rings. The van der Waals surface area contributed by atoms with Crippen LogP contribution in [0.15, 0.2) is 59.5 Å². The van der Waals surface area contributed by atoms with Crippen molar-refractivity contribution < 1.29 is 5.11 Å². The maximum absolute atomic E-state index is 10.00. The Labute approximate surface area is 123 Å². The fraction of sp³-hybridized carbons (Fsp3) is 0.250. The van der Waals surface area contributed by atoms with E-state index in [0.717, 1.165) is 22.8 Å². The van der Waals surface area contributed by atoms with Gasteiger partial charge in [0.2, 0.25) is 0 Å². The lowest BCUT2D eigenvalue weighted by Gasteiger charge is -2.11. The van der Waals surface area contributed by atoms with Gasteiger partial charge >= 0.3 is 0 Å². The third-order valence-electron chi connectivity index (χ3n) is 2.88. The van der Waals surface area contributed by atoms with E-state index in [1.165, 1.54) is 5.56 Å². The first-order valence-electron chi connectivity index (χ1n) is 6.35. The van der Waals surface area contributed by atoms with Crippen LogP contribution in [0.1, 0.15) is 12.0 Å². The zero-order valence-electron chi connectivity index (χ0n) is 10.6. The van der Waals surface area contributed by atoms with Gasteiger partial charge in [0, 0.05) is 10.6 Å². The van der Waals surface area contributed by atoms with E-state index in [9.17, 15) is 5.11 Å². The number of aryl methyl sites for hydroxylation is 1. The molecule has 0 radical (unpaired) electrons. The summed E-state index contributed by atoms with van der Waals surface area (Å²) < 4.78 is 0. The van der Waals surface area contributed by atoms with Gasteiger partial charge in [-0.2, -0.15) is 0 Å². The van der Waals surface area contributed by atoms with Crippen molar-refractivity contribution in [3.63, 3.8) is 0 Å². The molecule has 1 unspecified atom stereocenters. The number of hydrogen-bond donors (Lipinski definition) is 1. The topological polar surface area (TPSA) is 20.2 Å². The molecule has 3 heteroatoms. The summed E-state index contributed by atoms with van der Waals surface area (Å²) in [7, 11) is 0. The van der Waals surface area contributed by atoms with Crippen molar-refractivity contribution >= 4 is 23.4 Å². The Balaban J connectivity index is 1.76. The maximum Gasteiger partial charge on any atom is 0.0637 e. The molecular weight excluding hydrogens is 276 g/mol. The van der Waals surface area contributed by atoms with E-state index >= 15 is 0 Å². The summed E-state index contributed by atoms with van der Waals surface area (Å²) in [4.78, 5) is 1.03. The summed E-state index contributed by atoms with van der Waals surface area (Å²) in [5, 5.41) is 10.8. The zero-order chi connectivity index (χ0) is 13.5. The Kier molecular flexibility index (Phi) is 5.77. The molecule has 0 heterocycles. The lowest BCUT2D eigenvalue weighted by atomic mass is 10.1. The van der Waals surface area contributed by atoms with E-state index in [-0.39, 0.29) is 6.10 Å². The first-order chi connectivity index (χ1) is 9.25. The van der Waals surface area contributed by atoms with Crippen LogP contribution in [0.25, 0.3) is 0 Å². The predicted molar refractivity (Wildman–Crippen MR) is 82.9 cm³/mol. The van der Waals surface area contributed by atoms with Crippen LogP contribution in [-0.4, -0.2) is 17.0 Å². The smallest absolute Gasteiger partial charge is 0.0637 e. The second-order valence-corrected chi connectivity index (χ2v) is 5.89. The van der Waals surface area contributed by atoms with Crippen LogP contribution in [0.4, 0.5) is 0 Å². The van der Waals surface area contributed by atoms with Crippen LogP contribution in [0.3, 0.4) is 0 Å². The van der Waals surface area contributed by atoms with Crippen molar-refractivity contribution in [2.24, 2.45) is 0 Å². The summed E-state index contributed by atoms with van der Waals surface area (Å²) in [6.07, 6.45) is 1.38. The van der Waals surface area contributed by atoms with Crippen LogP contribution in [-0.2, 0) is 6.42 Å². The average Bonchev–Trinajstić information content (AvgIpc) is 2.45. The number of hydrogen-bond acceptors (Lipinski definition) is 2. The number of halogens is 1. The van der Waals surface area contributed by atoms with Crippen LogP contribution in [0, 0.1) is 0 Å². The third-order valence-corrected chi connectivity index (χ3v) is 4.54. The molecule has 1 N–H and O–H groups in total. The molecule has 1 nitrogen and oxygen atoms in total. The van der Waals surface area contributed by atoms with Gasteiger partial charge in [-0.3, -0.25) is 0 Å². The molecule has 0 saturated carbocycles. The fourth-order valence-electron chi connectivity index (χ4n) is 1.81. The number of aliphatic hydroxyl groups excluding tert-OH is 1. The standard InChI is InChI=1S/C16H17ClOS/c17-15-8-4-5-9-16(15)19-12-14(18)11-10-13-6-2-1-3-7-13/h1-9,14,18H,10-12H2. The Morgan fingerprint density at radius 3 is 2.42 bits per heavy atom. The van der Waals surface area contributed by atoms with Gasteiger partial charge in [0.1, 0.15) is 0 Å². The van der Waals surface area contributed by atoms with E-state index < -0.39 is 0 Å². The molecule has 2 rings (SSSR count). The number of thioether (sulfide) groups is 1. The van der Waals surface area contributed by atoms with Crippen molar-refractivity contribution in [1.29, 1.82) is 0 Å². The third kappa shape index (κ3) is 4.90. The van der Waals surface area contributed by atoms with Crippen LogP contribution in [0.2, 0.25) is 5.02 Å². The van der Waals surface area contributed by atoms with E-state index in [1.807, 2.05) is 42.5 Å². The van der Waals surface area contributed by atoms with E-state index in [2.05, 4.69) is 12.1 Å². The minimum Gasteiger partial charge on any atom is -0.392 e. The molecule has 0 amide bonds. The molecule has 0 spiro atoms. The minimum atomic E-state index is -0.304. The number of aliphatic hydroxyl groups is 1. The largest absolute Gasteiger partial charge is 0.392 e. The van der Waals surface area contributed by atoms with Gasteiger partial charge in [-0.1, -0.05) is 54.1 Å². The molecule has 100 valence electrons. The van der Waals surface area contributed by atoms with Gasteiger partial charge in [0.15, 0.2) is 0 Å². The predicted octanol–water partition coefficient (Wildman–Crippen LogP) is 4.43. The van der Waals surface area contributed by atoms with Crippen molar-refractivity contribution in [2.45, 2.75) is 23.8 Å². The highest BCUT2D eigenvalue weighted by Gasteiger charge is 2.07. The SMILES string of the molecule is OC(CCc1ccccc1)CSc1ccccc1Cl. The molecule has 0 aliphatic heterocycles. The Morgan fingerprint density at radius 2 is 1.68 bits per heavy atom. The van der Waals surface area contributed by atoms with Crippen LogP contribution in [0.5, 0.6) is 0 Å². The van der Waals surface area contributed by atoms with Gasteiger partial charge in [0.05, 0.1) is 11.1 Å². The lowest BCUT2D eigenvalue weighted by molar-refractivity contribution is 0.189. The van der Waals surface area contributed by atoms with Gasteiger partial charge in [-0.05, 0) is 30.5 Å². The molecule has 1 atom stereocenters. The van der Waals surface area contributed by atoms with E-state index in [4.69, 9.17) is 11.6 Å². The van der Waals surface area contributed by atoms with Crippen molar-refractivity contribution in [1.82, 2.24) is 0 Å². The summed E-state index contributed by atoms with van der Waals surface area (Å²) >= 11 is 7.69. The second-order valence-electron chi connectivity index (χ2n) is 4.42. The molecule has 0 fully saturated rings. The molecule has 0 saturated heterocycles. The van der Waals surface area contributed by atoms with Gasteiger partial charge in [0.25, 0.3) is 0 Å². The summed E-state index contributed by atoms with van der Waals surface area (Å²) in [5.41, 5.74) is 1.27. The van der Waals surface area contributed by atoms with Crippen molar-refractivity contribution in [2.75, 3.05) is 5.75 Å². The maximum atomic E-state index is 10.00. The number of benzene rings is 2. The molecule has 0 bridgehead atoms. The van der Waals surface area contributed by atoms with Gasteiger partial charge in [-0.25, -0.2) is 0 Å². The fourth-order valence-corrected chi connectivity index (χ4v) is 3.03. The molecule has 2 aromatic carbocycles. The second kappa shape index (κ2) is 7.59. The first-order valence-corrected chi connectivity index (χ1v) is 7.71. The summed E-state index contributed by atoms with van der Waals surface area (Å²) in [6, 6.07) is 18.0. The van der Waals surface area contributed by atoms with Gasteiger partial charge < -0.3 is 5.11 Å². The molecule has 19 heavy (non-hydrogen) atoms. The lowest BCUT2D eigenvalue weighted by Crippen LogP contribution is -2.11. The van der Waals surface area contributed by atoms with Crippen molar-refractivity contribution in [3.8, 4) is 0 Å². The average molecular weight is 293 g/mol. The number of rotatable bonds is 6. The molecular formula is C16H17ClOS. The Morgan fingerprint density at radius 1 is 1.00 bits per heavy atom. The normalized spacial score (nSPS) is 12.3. The Hall–Kier alpha value is -0.960. The minimum absolute atomic E-state index is 0.304. The van der Waals surface area contributed by atoms with Gasteiger partial charge in [-0.15, -0.1) is 11.8 Å². The van der Waals surface area contributed by atoms with Crippen molar-refractivity contribution in [3.05, 3.63) is 65.2 Å². The molecule has 2 aromatic rings. The highest BCUT2D eigenvalue weighted by Crippen LogP contribution is 2.27. The van der Waals surface area contributed by atoms with E-state index in [1.54, 1.807) is 11.8 Å². The van der Waals surface area contributed by atoms with Crippen LogP contribution < -0.4 is 0 Å². The molecule has 0 aromatic heterocycles. The van der Waals surface area contributed by atoms with Crippen LogP contribution >= 0.6 is 23.4 Å².